The lowest BCUT2D eigenvalue weighted by atomic mass is 9.87. The molecule has 0 aliphatic heterocycles. The van der Waals surface area contributed by atoms with Crippen molar-refractivity contribution in [2.45, 2.75) is 45.1 Å². The third-order valence-corrected chi connectivity index (χ3v) is 3.22. The van der Waals surface area contributed by atoms with Crippen molar-refractivity contribution in [1.29, 1.82) is 0 Å². The zero-order valence-corrected chi connectivity index (χ0v) is 10.5. The van der Waals surface area contributed by atoms with Gasteiger partial charge in [-0.3, -0.25) is 4.79 Å². The van der Waals surface area contributed by atoms with Crippen LogP contribution >= 0.6 is 0 Å². The van der Waals surface area contributed by atoms with Gasteiger partial charge in [-0.05, 0) is 29.9 Å². The summed E-state index contributed by atoms with van der Waals surface area (Å²) in [7, 11) is 0. The molecule has 0 aromatic heterocycles. The second kappa shape index (κ2) is 6.40. The Kier molecular flexibility index (Phi) is 5.16. The van der Waals surface area contributed by atoms with Gasteiger partial charge in [0.05, 0.1) is 6.42 Å². The summed E-state index contributed by atoms with van der Waals surface area (Å²) < 4.78 is 0. The van der Waals surface area contributed by atoms with Gasteiger partial charge in [-0.25, -0.2) is 0 Å². The second-order valence-corrected chi connectivity index (χ2v) is 4.35. The van der Waals surface area contributed by atoms with E-state index in [1.807, 2.05) is 18.2 Å². The fraction of sp³-hybridized carbons (Fsp3) is 0.500. The standard InChI is InChI=1S/C14H21NO2/c1-3-10(4-2)11-7-5-6-8-12(11)13(15)9-14(16)17/h5-8,10,13H,3-4,9,15H2,1-2H3,(H,16,17). The van der Waals surface area contributed by atoms with Crippen molar-refractivity contribution in [3.63, 3.8) is 0 Å². The van der Waals surface area contributed by atoms with Crippen molar-refractivity contribution in [2.75, 3.05) is 0 Å². The van der Waals surface area contributed by atoms with Crippen molar-refractivity contribution in [2.24, 2.45) is 5.73 Å². The van der Waals surface area contributed by atoms with Crippen LogP contribution in [0.25, 0.3) is 0 Å². The van der Waals surface area contributed by atoms with Crippen LogP contribution in [0.1, 0.15) is 56.2 Å². The zero-order chi connectivity index (χ0) is 12.8. The van der Waals surface area contributed by atoms with E-state index in [-0.39, 0.29) is 6.42 Å². The Bertz CT molecular complexity index is 372. The van der Waals surface area contributed by atoms with E-state index < -0.39 is 12.0 Å². The Labute approximate surface area is 103 Å². The molecule has 0 saturated carbocycles. The molecule has 0 radical (unpaired) electrons. The lowest BCUT2D eigenvalue weighted by Gasteiger charge is -2.20. The summed E-state index contributed by atoms with van der Waals surface area (Å²) in [5.74, 6) is -0.386. The monoisotopic (exact) mass is 235 g/mol. The van der Waals surface area contributed by atoms with Crippen LogP contribution in [-0.2, 0) is 4.79 Å². The third-order valence-electron chi connectivity index (χ3n) is 3.22. The highest BCUT2D eigenvalue weighted by molar-refractivity contribution is 5.68. The van der Waals surface area contributed by atoms with Crippen LogP contribution in [0.5, 0.6) is 0 Å². The predicted octanol–water partition coefficient (Wildman–Crippen LogP) is 3.06. The molecular formula is C14H21NO2. The largest absolute Gasteiger partial charge is 0.481 e. The summed E-state index contributed by atoms with van der Waals surface area (Å²) in [5, 5.41) is 8.81. The Balaban J connectivity index is 3.02. The molecule has 1 aromatic carbocycles. The van der Waals surface area contributed by atoms with Crippen molar-refractivity contribution >= 4 is 5.97 Å². The molecule has 0 aliphatic rings. The number of benzene rings is 1. The maximum Gasteiger partial charge on any atom is 0.305 e. The Hall–Kier alpha value is -1.35. The molecule has 0 aliphatic carbocycles. The van der Waals surface area contributed by atoms with E-state index in [9.17, 15) is 4.79 Å². The minimum atomic E-state index is -0.850. The van der Waals surface area contributed by atoms with Gasteiger partial charge >= 0.3 is 5.97 Å². The molecule has 0 heterocycles. The minimum Gasteiger partial charge on any atom is -0.481 e. The summed E-state index contributed by atoms with van der Waals surface area (Å²) in [5.41, 5.74) is 8.14. The van der Waals surface area contributed by atoms with Crippen LogP contribution in [0, 0.1) is 0 Å². The van der Waals surface area contributed by atoms with Gasteiger partial charge in [-0.2, -0.15) is 0 Å². The Morgan fingerprint density at radius 2 is 1.76 bits per heavy atom. The number of carboxylic acid groups (broad SMARTS) is 1. The SMILES string of the molecule is CCC(CC)c1ccccc1C(N)CC(=O)O. The number of aliphatic carboxylic acids is 1. The molecule has 1 aromatic rings. The van der Waals surface area contributed by atoms with E-state index in [0.29, 0.717) is 5.92 Å². The minimum absolute atomic E-state index is 0.0167. The summed E-state index contributed by atoms with van der Waals surface area (Å²) in [4.78, 5) is 10.7. The molecule has 0 bridgehead atoms. The first-order valence-electron chi connectivity index (χ1n) is 6.16. The van der Waals surface area contributed by atoms with Crippen LogP contribution in [0.3, 0.4) is 0 Å². The van der Waals surface area contributed by atoms with E-state index >= 15 is 0 Å². The number of nitrogens with two attached hydrogens (primary N) is 1. The summed E-state index contributed by atoms with van der Waals surface area (Å²) in [6.45, 7) is 4.29. The van der Waals surface area contributed by atoms with E-state index in [1.165, 1.54) is 5.56 Å². The van der Waals surface area contributed by atoms with Crippen molar-refractivity contribution in [3.05, 3.63) is 35.4 Å². The molecule has 1 unspecified atom stereocenters. The average Bonchev–Trinajstić information content (AvgIpc) is 2.30. The molecule has 1 rings (SSSR count). The molecule has 3 heteroatoms. The zero-order valence-electron chi connectivity index (χ0n) is 10.5. The number of hydrogen-bond acceptors (Lipinski definition) is 2. The topological polar surface area (TPSA) is 63.3 Å². The number of carboxylic acids is 1. The number of carbonyl (C=O) groups is 1. The highest BCUT2D eigenvalue weighted by atomic mass is 16.4. The Morgan fingerprint density at radius 1 is 1.24 bits per heavy atom. The molecule has 1 atom stereocenters. The van der Waals surface area contributed by atoms with Gasteiger partial charge in [-0.1, -0.05) is 38.1 Å². The van der Waals surface area contributed by atoms with Crippen LogP contribution < -0.4 is 5.73 Å². The molecule has 0 saturated heterocycles. The van der Waals surface area contributed by atoms with Gasteiger partial charge in [0, 0.05) is 6.04 Å². The summed E-state index contributed by atoms with van der Waals surface area (Å²) >= 11 is 0. The normalized spacial score (nSPS) is 12.7. The molecule has 0 amide bonds. The molecule has 17 heavy (non-hydrogen) atoms. The van der Waals surface area contributed by atoms with Crippen LogP contribution in [-0.4, -0.2) is 11.1 Å². The smallest absolute Gasteiger partial charge is 0.305 e. The highest BCUT2D eigenvalue weighted by Crippen LogP contribution is 2.29. The number of rotatable bonds is 6. The van der Waals surface area contributed by atoms with E-state index in [4.69, 9.17) is 10.8 Å². The van der Waals surface area contributed by atoms with Gasteiger partial charge in [0.15, 0.2) is 0 Å². The molecule has 0 fully saturated rings. The number of hydrogen-bond donors (Lipinski definition) is 2. The third kappa shape index (κ3) is 3.56. The van der Waals surface area contributed by atoms with Crippen molar-refractivity contribution in [1.82, 2.24) is 0 Å². The lowest BCUT2D eigenvalue weighted by molar-refractivity contribution is -0.137. The molecule has 3 nitrogen and oxygen atoms in total. The van der Waals surface area contributed by atoms with Gasteiger partial charge in [-0.15, -0.1) is 0 Å². The van der Waals surface area contributed by atoms with Crippen LogP contribution in [0.2, 0.25) is 0 Å². The summed E-state index contributed by atoms with van der Waals surface area (Å²) in [6, 6.07) is 7.51. The van der Waals surface area contributed by atoms with Gasteiger partial charge in [0.1, 0.15) is 0 Å². The van der Waals surface area contributed by atoms with E-state index in [2.05, 4.69) is 19.9 Å². The molecular weight excluding hydrogens is 214 g/mol. The second-order valence-electron chi connectivity index (χ2n) is 4.35. The summed E-state index contributed by atoms with van der Waals surface area (Å²) in [6.07, 6.45) is 2.08. The lowest BCUT2D eigenvalue weighted by Crippen LogP contribution is -2.17. The highest BCUT2D eigenvalue weighted by Gasteiger charge is 2.17. The first-order chi connectivity index (χ1) is 8.10. The maximum atomic E-state index is 10.7. The van der Waals surface area contributed by atoms with Crippen molar-refractivity contribution < 1.29 is 9.90 Å². The van der Waals surface area contributed by atoms with Gasteiger partial charge in [0.2, 0.25) is 0 Å². The maximum absolute atomic E-state index is 10.7. The fourth-order valence-corrected chi connectivity index (χ4v) is 2.25. The molecule has 0 spiro atoms. The quantitative estimate of drug-likeness (QED) is 0.796. The van der Waals surface area contributed by atoms with E-state index in [1.54, 1.807) is 0 Å². The molecule has 3 N–H and O–H groups in total. The first kappa shape index (κ1) is 13.7. The Morgan fingerprint density at radius 3 is 2.24 bits per heavy atom. The predicted molar refractivity (Wildman–Crippen MR) is 68.9 cm³/mol. The van der Waals surface area contributed by atoms with Crippen LogP contribution in [0.4, 0.5) is 0 Å². The average molecular weight is 235 g/mol. The van der Waals surface area contributed by atoms with Crippen molar-refractivity contribution in [3.8, 4) is 0 Å². The van der Waals surface area contributed by atoms with Gasteiger partial charge in [0.25, 0.3) is 0 Å². The first-order valence-corrected chi connectivity index (χ1v) is 6.16. The van der Waals surface area contributed by atoms with Crippen LogP contribution in [0.15, 0.2) is 24.3 Å². The fourth-order valence-electron chi connectivity index (χ4n) is 2.25. The molecule has 94 valence electrons. The van der Waals surface area contributed by atoms with Gasteiger partial charge < -0.3 is 10.8 Å². The van der Waals surface area contributed by atoms with E-state index in [0.717, 1.165) is 18.4 Å².